The van der Waals surface area contributed by atoms with Crippen molar-refractivity contribution < 1.29 is 18.0 Å². The lowest BCUT2D eigenvalue weighted by Crippen LogP contribution is -2.30. The van der Waals surface area contributed by atoms with Crippen LogP contribution in [0.15, 0.2) is 24.3 Å². The first-order valence-corrected chi connectivity index (χ1v) is 7.08. The Bertz CT molecular complexity index is 662. The number of carbonyl (C=O) groups excluding carboxylic acids is 1. The van der Waals surface area contributed by atoms with Crippen molar-refractivity contribution in [1.82, 2.24) is 14.9 Å². The lowest BCUT2D eigenvalue weighted by atomic mass is 10.1. The number of alkyl halides is 3. The smallest absolute Gasteiger partial charge is 0.355 e. The fourth-order valence-corrected chi connectivity index (χ4v) is 2.15. The minimum absolute atomic E-state index is 0.227. The third kappa shape index (κ3) is 3.78. The molecule has 2 rings (SSSR count). The molecule has 7 heteroatoms. The molecule has 0 aliphatic heterocycles. The van der Waals surface area contributed by atoms with Crippen molar-refractivity contribution in [2.75, 3.05) is 6.54 Å². The Morgan fingerprint density at radius 3 is 2.64 bits per heavy atom. The molecule has 0 saturated heterocycles. The molecule has 4 nitrogen and oxygen atoms in total. The van der Waals surface area contributed by atoms with Crippen LogP contribution in [-0.4, -0.2) is 22.0 Å². The largest absolute Gasteiger partial charge is 0.449 e. The van der Waals surface area contributed by atoms with Gasteiger partial charge in [-0.25, -0.2) is 4.98 Å². The van der Waals surface area contributed by atoms with Gasteiger partial charge in [-0.15, -0.1) is 0 Å². The number of hydrogen-bond donors (Lipinski definition) is 1. The van der Waals surface area contributed by atoms with Gasteiger partial charge < -0.3 is 9.88 Å². The molecule has 0 saturated carbocycles. The second kappa shape index (κ2) is 6.37. The van der Waals surface area contributed by atoms with Crippen molar-refractivity contribution in [2.45, 2.75) is 33.0 Å². The monoisotopic (exact) mass is 313 g/mol. The molecule has 0 atom stereocenters. The third-order valence-corrected chi connectivity index (χ3v) is 3.25. The summed E-state index contributed by atoms with van der Waals surface area (Å²) in [5.74, 6) is -1.08. The van der Waals surface area contributed by atoms with Crippen LogP contribution >= 0.6 is 0 Å². The normalized spacial score (nSPS) is 12.1. The molecule has 1 amide bonds. The second-order valence-electron chi connectivity index (χ2n) is 5.54. The summed E-state index contributed by atoms with van der Waals surface area (Å²) in [7, 11) is 0. The Kier molecular flexibility index (Phi) is 4.73. The van der Waals surface area contributed by atoms with Crippen LogP contribution in [0.5, 0.6) is 0 Å². The summed E-state index contributed by atoms with van der Waals surface area (Å²) in [4.78, 5) is 15.5. The van der Waals surface area contributed by atoms with E-state index in [2.05, 4.69) is 10.3 Å². The maximum absolute atomic E-state index is 13.1. The van der Waals surface area contributed by atoms with Crippen LogP contribution < -0.4 is 5.32 Å². The van der Waals surface area contributed by atoms with E-state index in [1.54, 1.807) is 12.1 Å². The maximum Gasteiger partial charge on any atom is 0.449 e. The van der Waals surface area contributed by atoms with Gasteiger partial charge >= 0.3 is 6.18 Å². The zero-order valence-corrected chi connectivity index (χ0v) is 12.4. The average molecular weight is 313 g/mol. The van der Waals surface area contributed by atoms with Gasteiger partial charge in [-0.05, 0) is 24.5 Å². The average Bonchev–Trinajstić information content (AvgIpc) is 2.77. The fourth-order valence-electron chi connectivity index (χ4n) is 2.15. The van der Waals surface area contributed by atoms with E-state index < -0.39 is 24.5 Å². The van der Waals surface area contributed by atoms with E-state index in [4.69, 9.17) is 0 Å². The first kappa shape index (κ1) is 16.3. The van der Waals surface area contributed by atoms with Gasteiger partial charge in [0.1, 0.15) is 6.54 Å². The van der Waals surface area contributed by atoms with Crippen molar-refractivity contribution in [2.24, 2.45) is 5.92 Å². The van der Waals surface area contributed by atoms with E-state index in [9.17, 15) is 18.0 Å². The summed E-state index contributed by atoms with van der Waals surface area (Å²) in [6.07, 6.45) is -3.82. The Hall–Kier alpha value is -2.05. The highest BCUT2D eigenvalue weighted by Crippen LogP contribution is 2.31. The molecule has 0 bridgehead atoms. The quantitative estimate of drug-likeness (QED) is 0.921. The summed E-state index contributed by atoms with van der Waals surface area (Å²) in [5.41, 5.74) is 0.527. The number of imidazole rings is 1. The van der Waals surface area contributed by atoms with Crippen LogP contribution in [0.2, 0.25) is 0 Å². The van der Waals surface area contributed by atoms with E-state index in [1.165, 1.54) is 12.1 Å². The van der Waals surface area contributed by atoms with Gasteiger partial charge in [-0.3, -0.25) is 4.79 Å². The number of nitrogens with zero attached hydrogens (tertiary/aromatic N) is 2. The molecule has 0 unspecified atom stereocenters. The summed E-state index contributed by atoms with van der Waals surface area (Å²) >= 11 is 0. The first-order chi connectivity index (χ1) is 10.3. The number of fused-ring (bicyclic) bond motifs is 1. The molecule has 2 aromatic rings. The molecule has 1 N–H and O–H groups in total. The number of aromatic nitrogens is 2. The number of hydrogen-bond acceptors (Lipinski definition) is 2. The molecule has 1 aromatic heterocycles. The zero-order chi connectivity index (χ0) is 16.3. The number of halogens is 3. The van der Waals surface area contributed by atoms with Crippen LogP contribution in [0.3, 0.4) is 0 Å². The third-order valence-electron chi connectivity index (χ3n) is 3.25. The summed E-state index contributed by atoms with van der Waals surface area (Å²) in [5, 5.41) is 2.64. The van der Waals surface area contributed by atoms with Crippen molar-refractivity contribution in [1.29, 1.82) is 0 Å². The topological polar surface area (TPSA) is 46.9 Å². The first-order valence-electron chi connectivity index (χ1n) is 7.08. The number of benzene rings is 1. The Labute approximate surface area is 126 Å². The number of carbonyl (C=O) groups is 1. The SMILES string of the molecule is CC(C)CCNC(=O)Cn1c(C(F)(F)F)nc2ccccc21. The molecule has 22 heavy (non-hydrogen) atoms. The van der Waals surface area contributed by atoms with Gasteiger partial charge in [0.2, 0.25) is 11.7 Å². The van der Waals surface area contributed by atoms with E-state index in [1.807, 2.05) is 13.8 Å². The van der Waals surface area contributed by atoms with Gasteiger partial charge in [-0.2, -0.15) is 13.2 Å². The van der Waals surface area contributed by atoms with E-state index in [0.29, 0.717) is 18.0 Å². The van der Waals surface area contributed by atoms with Crippen LogP contribution in [0, 0.1) is 5.92 Å². The van der Waals surface area contributed by atoms with Crippen molar-refractivity contribution in [3.05, 3.63) is 30.1 Å². The molecule has 1 heterocycles. The Morgan fingerprint density at radius 2 is 2.00 bits per heavy atom. The van der Waals surface area contributed by atoms with Crippen LogP contribution in [0.1, 0.15) is 26.1 Å². The van der Waals surface area contributed by atoms with E-state index in [-0.39, 0.29) is 5.52 Å². The van der Waals surface area contributed by atoms with E-state index in [0.717, 1.165) is 11.0 Å². The van der Waals surface area contributed by atoms with Crippen LogP contribution in [0.4, 0.5) is 13.2 Å². The molecule has 0 spiro atoms. The van der Waals surface area contributed by atoms with Gasteiger partial charge in [0.25, 0.3) is 0 Å². The summed E-state index contributed by atoms with van der Waals surface area (Å²) in [6, 6.07) is 6.26. The zero-order valence-electron chi connectivity index (χ0n) is 12.4. The predicted molar refractivity (Wildman–Crippen MR) is 77.2 cm³/mol. The van der Waals surface area contributed by atoms with Crippen LogP contribution in [-0.2, 0) is 17.5 Å². The highest BCUT2D eigenvalue weighted by Gasteiger charge is 2.37. The highest BCUT2D eigenvalue weighted by molar-refractivity contribution is 5.81. The fraction of sp³-hybridized carbons (Fsp3) is 0.467. The second-order valence-corrected chi connectivity index (χ2v) is 5.54. The maximum atomic E-state index is 13.1. The molecular weight excluding hydrogens is 295 g/mol. The van der Waals surface area contributed by atoms with Gasteiger partial charge in [-0.1, -0.05) is 26.0 Å². The van der Waals surface area contributed by atoms with E-state index >= 15 is 0 Å². The predicted octanol–water partition coefficient (Wildman–Crippen LogP) is 3.22. The van der Waals surface area contributed by atoms with Gasteiger partial charge in [0, 0.05) is 6.54 Å². The highest BCUT2D eigenvalue weighted by atomic mass is 19.4. The number of rotatable bonds is 5. The minimum Gasteiger partial charge on any atom is -0.355 e. The Morgan fingerprint density at radius 1 is 1.32 bits per heavy atom. The molecule has 0 radical (unpaired) electrons. The number of amides is 1. The van der Waals surface area contributed by atoms with Gasteiger partial charge in [0.15, 0.2) is 0 Å². The lowest BCUT2D eigenvalue weighted by molar-refractivity contribution is -0.147. The van der Waals surface area contributed by atoms with Gasteiger partial charge in [0.05, 0.1) is 11.0 Å². The number of para-hydroxylation sites is 2. The van der Waals surface area contributed by atoms with Crippen LogP contribution in [0.25, 0.3) is 11.0 Å². The molecule has 0 fully saturated rings. The molecule has 1 aromatic carbocycles. The standard InChI is InChI=1S/C15H18F3N3O/c1-10(2)7-8-19-13(22)9-21-12-6-4-3-5-11(12)20-14(21)15(16,17)18/h3-6,10H,7-9H2,1-2H3,(H,19,22). The summed E-state index contributed by atoms with van der Waals surface area (Å²) < 4.78 is 40.2. The summed E-state index contributed by atoms with van der Waals surface area (Å²) in [6.45, 7) is 4.08. The van der Waals surface area contributed by atoms with Crippen molar-refractivity contribution in [3.8, 4) is 0 Å². The Balaban J connectivity index is 2.23. The molecule has 120 valence electrons. The lowest BCUT2D eigenvalue weighted by Gasteiger charge is -2.12. The molecular formula is C15H18F3N3O. The minimum atomic E-state index is -4.60. The molecule has 0 aliphatic rings. The van der Waals surface area contributed by atoms with Crippen molar-refractivity contribution >= 4 is 16.9 Å². The number of nitrogens with one attached hydrogen (secondary N) is 1. The van der Waals surface area contributed by atoms with Crippen molar-refractivity contribution in [3.63, 3.8) is 0 Å². The molecule has 0 aliphatic carbocycles.